The van der Waals surface area contributed by atoms with Crippen LogP contribution in [0.5, 0.6) is 11.5 Å². The zero-order valence-electron chi connectivity index (χ0n) is 16.8. The molecule has 0 aliphatic heterocycles. The lowest BCUT2D eigenvalue weighted by atomic mass is 10.1. The van der Waals surface area contributed by atoms with Gasteiger partial charge < -0.3 is 19.8 Å². The lowest BCUT2D eigenvalue weighted by molar-refractivity contribution is 0.0993. The van der Waals surface area contributed by atoms with Gasteiger partial charge in [0.15, 0.2) is 11.5 Å². The topological polar surface area (TPSA) is 80.6 Å². The van der Waals surface area contributed by atoms with E-state index in [-0.39, 0.29) is 17.6 Å². The molecule has 4 aromatic rings. The zero-order valence-corrected chi connectivity index (χ0v) is 16.8. The fourth-order valence-electron chi connectivity index (χ4n) is 2.96. The summed E-state index contributed by atoms with van der Waals surface area (Å²) < 4.78 is 11.0. The third-order valence-electron chi connectivity index (χ3n) is 4.60. The number of amides is 2. The molecule has 1 heterocycles. The third kappa shape index (κ3) is 4.82. The van der Waals surface area contributed by atoms with E-state index in [0.717, 1.165) is 5.56 Å². The van der Waals surface area contributed by atoms with Gasteiger partial charge in [0.2, 0.25) is 0 Å². The molecule has 1 aromatic heterocycles. The number of hydrogen-bond donors (Lipinski definition) is 2. The molecule has 0 spiro atoms. The van der Waals surface area contributed by atoms with E-state index in [2.05, 4.69) is 10.6 Å². The number of hydrogen-bond acceptors (Lipinski definition) is 4. The van der Waals surface area contributed by atoms with E-state index in [4.69, 9.17) is 9.15 Å². The highest BCUT2D eigenvalue weighted by Crippen LogP contribution is 2.29. The summed E-state index contributed by atoms with van der Waals surface area (Å²) in [4.78, 5) is 25.2. The Labute approximate surface area is 179 Å². The van der Waals surface area contributed by atoms with Crippen LogP contribution in [0.4, 0.5) is 11.4 Å². The van der Waals surface area contributed by atoms with E-state index in [1.807, 2.05) is 49.4 Å². The first-order valence-corrected chi connectivity index (χ1v) is 9.69. The smallest absolute Gasteiger partial charge is 0.291 e. The van der Waals surface area contributed by atoms with Crippen LogP contribution in [0.1, 0.15) is 26.5 Å². The Hall–Kier alpha value is -4.32. The first-order chi connectivity index (χ1) is 15.1. The van der Waals surface area contributed by atoms with Crippen LogP contribution in [0, 0.1) is 6.92 Å². The standard InChI is InChI=1S/C25H20N2O4/c1-17-13-14-18(16-21(17)27-25(29)23-12-7-15-30-23)24(28)26-20-10-5-6-11-22(20)31-19-8-3-2-4-9-19/h2-16H,1H3,(H,26,28)(H,27,29). The molecule has 0 aliphatic carbocycles. The third-order valence-corrected chi connectivity index (χ3v) is 4.60. The number of ether oxygens (including phenoxy) is 1. The normalized spacial score (nSPS) is 10.4. The minimum absolute atomic E-state index is 0.196. The number of carbonyl (C=O) groups excluding carboxylic acids is 2. The minimum atomic E-state index is -0.382. The van der Waals surface area contributed by atoms with Gasteiger partial charge in [-0.15, -0.1) is 0 Å². The molecule has 0 aliphatic rings. The van der Waals surface area contributed by atoms with Crippen LogP contribution in [-0.4, -0.2) is 11.8 Å². The quantitative estimate of drug-likeness (QED) is 0.414. The van der Waals surface area contributed by atoms with Crippen LogP contribution < -0.4 is 15.4 Å². The largest absolute Gasteiger partial charge is 0.459 e. The van der Waals surface area contributed by atoms with Gasteiger partial charge in [-0.25, -0.2) is 0 Å². The van der Waals surface area contributed by atoms with Crippen molar-refractivity contribution in [2.45, 2.75) is 6.92 Å². The number of para-hydroxylation sites is 3. The Morgan fingerprint density at radius 2 is 1.52 bits per heavy atom. The molecule has 154 valence electrons. The number of aryl methyl sites for hydroxylation is 1. The van der Waals surface area contributed by atoms with Crippen molar-refractivity contribution < 1.29 is 18.7 Å². The second-order valence-electron chi connectivity index (χ2n) is 6.83. The molecular formula is C25H20N2O4. The average molecular weight is 412 g/mol. The van der Waals surface area contributed by atoms with E-state index in [0.29, 0.717) is 28.4 Å². The maximum absolute atomic E-state index is 12.9. The number of furan rings is 1. The molecule has 6 heteroatoms. The fraction of sp³-hybridized carbons (Fsp3) is 0.0400. The second-order valence-corrected chi connectivity index (χ2v) is 6.83. The summed E-state index contributed by atoms with van der Waals surface area (Å²) in [6.07, 6.45) is 1.43. The maximum atomic E-state index is 12.9. The Morgan fingerprint density at radius 1 is 0.774 bits per heavy atom. The monoisotopic (exact) mass is 412 g/mol. The number of carbonyl (C=O) groups is 2. The summed E-state index contributed by atoms with van der Waals surface area (Å²) in [7, 11) is 0. The van der Waals surface area contributed by atoms with E-state index < -0.39 is 0 Å². The van der Waals surface area contributed by atoms with E-state index in [1.165, 1.54) is 6.26 Å². The highest BCUT2D eigenvalue weighted by molar-refractivity contribution is 6.07. The molecule has 6 nitrogen and oxygen atoms in total. The molecule has 0 saturated heterocycles. The van der Waals surface area contributed by atoms with Gasteiger partial charge in [0, 0.05) is 11.3 Å². The molecule has 0 atom stereocenters. The number of rotatable bonds is 6. The molecule has 0 fully saturated rings. The predicted octanol–water partition coefficient (Wildman–Crippen LogP) is 5.88. The first-order valence-electron chi connectivity index (χ1n) is 9.69. The summed E-state index contributed by atoms with van der Waals surface area (Å²) >= 11 is 0. The first kappa shape index (κ1) is 20.0. The summed E-state index contributed by atoms with van der Waals surface area (Å²) in [6, 6.07) is 24.9. The Kier molecular flexibility index (Phi) is 5.80. The lowest BCUT2D eigenvalue weighted by Crippen LogP contribution is -2.15. The predicted molar refractivity (Wildman–Crippen MR) is 119 cm³/mol. The van der Waals surface area contributed by atoms with E-state index >= 15 is 0 Å². The van der Waals surface area contributed by atoms with Crippen molar-refractivity contribution >= 4 is 23.2 Å². The van der Waals surface area contributed by atoms with Crippen molar-refractivity contribution in [3.63, 3.8) is 0 Å². The highest BCUT2D eigenvalue weighted by atomic mass is 16.5. The molecule has 3 aromatic carbocycles. The van der Waals surface area contributed by atoms with Gasteiger partial charge in [-0.2, -0.15) is 0 Å². The summed E-state index contributed by atoms with van der Waals surface area (Å²) in [5.74, 6) is 0.689. The molecule has 0 bridgehead atoms. The highest BCUT2D eigenvalue weighted by Gasteiger charge is 2.14. The van der Waals surface area contributed by atoms with Crippen molar-refractivity contribution in [2.24, 2.45) is 0 Å². The van der Waals surface area contributed by atoms with Crippen molar-refractivity contribution in [3.05, 3.63) is 108 Å². The molecule has 4 rings (SSSR count). The number of benzene rings is 3. The zero-order chi connectivity index (χ0) is 21.6. The number of anilines is 2. The van der Waals surface area contributed by atoms with Crippen molar-refractivity contribution in [1.29, 1.82) is 0 Å². The van der Waals surface area contributed by atoms with Gasteiger partial charge in [0.05, 0.1) is 12.0 Å². The Bertz CT molecular complexity index is 1200. The van der Waals surface area contributed by atoms with Crippen LogP contribution in [0.25, 0.3) is 0 Å². The summed E-state index contributed by atoms with van der Waals surface area (Å²) in [5.41, 5.74) is 2.29. The number of nitrogens with one attached hydrogen (secondary N) is 2. The Balaban J connectivity index is 1.52. The van der Waals surface area contributed by atoms with Crippen LogP contribution >= 0.6 is 0 Å². The van der Waals surface area contributed by atoms with E-state index in [1.54, 1.807) is 42.5 Å². The molecule has 0 unspecified atom stereocenters. The van der Waals surface area contributed by atoms with Crippen molar-refractivity contribution in [3.8, 4) is 11.5 Å². The van der Waals surface area contributed by atoms with Crippen molar-refractivity contribution in [1.82, 2.24) is 0 Å². The van der Waals surface area contributed by atoms with Crippen molar-refractivity contribution in [2.75, 3.05) is 10.6 Å². The summed E-state index contributed by atoms with van der Waals surface area (Å²) in [5, 5.41) is 5.66. The Morgan fingerprint density at radius 3 is 2.29 bits per heavy atom. The molecule has 31 heavy (non-hydrogen) atoms. The fourth-order valence-corrected chi connectivity index (χ4v) is 2.96. The second kappa shape index (κ2) is 9.00. The minimum Gasteiger partial charge on any atom is -0.459 e. The van der Waals surface area contributed by atoms with Crippen LogP contribution in [0.15, 0.2) is 95.6 Å². The molecule has 2 N–H and O–H groups in total. The molecule has 0 radical (unpaired) electrons. The maximum Gasteiger partial charge on any atom is 0.291 e. The molecular weight excluding hydrogens is 392 g/mol. The van der Waals surface area contributed by atoms with Crippen LogP contribution in [0.3, 0.4) is 0 Å². The molecule has 0 saturated carbocycles. The lowest BCUT2D eigenvalue weighted by Gasteiger charge is -2.13. The van der Waals surface area contributed by atoms with Gasteiger partial charge in [-0.1, -0.05) is 36.4 Å². The van der Waals surface area contributed by atoms with Gasteiger partial charge in [-0.3, -0.25) is 9.59 Å². The summed E-state index contributed by atoms with van der Waals surface area (Å²) in [6.45, 7) is 1.85. The average Bonchev–Trinajstić information content (AvgIpc) is 3.32. The van der Waals surface area contributed by atoms with Gasteiger partial charge >= 0.3 is 0 Å². The molecule has 2 amide bonds. The van der Waals surface area contributed by atoms with Gasteiger partial charge in [-0.05, 0) is 61.0 Å². The van der Waals surface area contributed by atoms with Crippen LogP contribution in [0.2, 0.25) is 0 Å². The van der Waals surface area contributed by atoms with Crippen LogP contribution in [-0.2, 0) is 0 Å². The van der Waals surface area contributed by atoms with Gasteiger partial charge in [0.25, 0.3) is 11.8 Å². The SMILES string of the molecule is Cc1ccc(C(=O)Nc2ccccc2Oc2ccccc2)cc1NC(=O)c1ccco1. The van der Waals surface area contributed by atoms with E-state index in [9.17, 15) is 9.59 Å². The van der Waals surface area contributed by atoms with Gasteiger partial charge in [0.1, 0.15) is 5.75 Å².